The van der Waals surface area contributed by atoms with Gasteiger partial charge in [-0.05, 0) is 100 Å². The maximum absolute atomic E-state index is 14.7. The van der Waals surface area contributed by atoms with Crippen LogP contribution >= 0.6 is 12.1 Å². The third-order valence-corrected chi connectivity index (χ3v) is 10.2. The number of benzene rings is 2. The van der Waals surface area contributed by atoms with Crippen molar-refractivity contribution in [3.8, 4) is 0 Å². The van der Waals surface area contributed by atoms with E-state index in [1.807, 2.05) is 84.1 Å². The summed E-state index contributed by atoms with van der Waals surface area (Å²) in [6, 6.07) is 18.6. The minimum absolute atomic E-state index is 0.0622. The highest BCUT2D eigenvalue weighted by Crippen LogP contribution is 2.39. The van der Waals surface area contributed by atoms with Gasteiger partial charge in [-0.15, -0.1) is 0 Å². The zero-order chi connectivity index (χ0) is 38.6. The molecule has 0 unspecified atom stereocenters. The van der Waals surface area contributed by atoms with Crippen molar-refractivity contribution in [2.75, 3.05) is 44.4 Å². The van der Waals surface area contributed by atoms with E-state index in [0.29, 0.717) is 37.2 Å². The number of carbonyl (C=O) groups excluding carboxylic acids is 4. The van der Waals surface area contributed by atoms with Crippen molar-refractivity contribution in [2.45, 2.75) is 85.4 Å². The molecule has 0 spiro atoms. The normalized spacial score (nSPS) is 14.2. The molecular weight excluding hydrogens is 691 g/mol. The number of hydrogen-bond acceptors (Lipinski definition) is 9. The van der Waals surface area contributed by atoms with Crippen molar-refractivity contribution in [2.24, 2.45) is 5.41 Å². The number of nitrogens with zero attached hydrogens (tertiary/aromatic N) is 4. The van der Waals surface area contributed by atoms with E-state index in [4.69, 9.17) is 4.74 Å². The summed E-state index contributed by atoms with van der Waals surface area (Å²) in [5.41, 5.74) is 2.77. The fraction of sp³-hybridized carbons (Fsp3) is 0.475. The van der Waals surface area contributed by atoms with Crippen LogP contribution in [0, 0.1) is 5.41 Å². The van der Waals surface area contributed by atoms with Gasteiger partial charge in [0.25, 0.3) is 0 Å². The minimum Gasteiger partial charge on any atom is -0.444 e. The van der Waals surface area contributed by atoms with Crippen LogP contribution < -0.4 is 15.4 Å². The van der Waals surface area contributed by atoms with E-state index < -0.39 is 17.1 Å². The predicted octanol–water partition coefficient (Wildman–Crippen LogP) is 6.43. The van der Waals surface area contributed by atoms with E-state index in [2.05, 4.69) is 24.6 Å². The molecule has 2 heterocycles. The molecule has 4 amide bonds. The lowest BCUT2D eigenvalue weighted by atomic mass is 9.75. The molecule has 0 radical (unpaired) electrons. The van der Waals surface area contributed by atoms with Gasteiger partial charge in [0.1, 0.15) is 18.0 Å². The zero-order valence-corrected chi connectivity index (χ0v) is 33.0. The lowest BCUT2D eigenvalue weighted by Gasteiger charge is -2.42. The highest BCUT2D eigenvalue weighted by atomic mass is 32.2. The van der Waals surface area contributed by atoms with E-state index in [9.17, 15) is 19.2 Å². The maximum atomic E-state index is 14.7. The van der Waals surface area contributed by atoms with E-state index in [1.165, 1.54) is 4.90 Å². The third-order valence-electron chi connectivity index (χ3n) is 9.40. The largest absolute Gasteiger partial charge is 0.444 e. The van der Waals surface area contributed by atoms with Crippen molar-refractivity contribution in [3.63, 3.8) is 0 Å². The van der Waals surface area contributed by atoms with Gasteiger partial charge in [0.15, 0.2) is 0 Å². The summed E-state index contributed by atoms with van der Waals surface area (Å²) in [5, 5.41) is 5.83. The molecule has 1 aromatic heterocycles. The average molecular weight is 746 g/mol. The quantitative estimate of drug-likeness (QED) is 0.150. The molecule has 1 fully saturated rings. The second-order valence-electron chi connectivity index (χ2n) is 14.4. The summed E-state index contributed by atoms with van der Waals surface area (Å²) in [7, 11) is 3.57. The lowest BCUT2D eigenvalue weighted by Crippen LogP contribution is -2.50. The van der Waals surface area contributed by atoms with Crippen LogP contribution in [0.3, 0.4) is 0 Å². The van der Waals surface area contributed by atoms with Crippen LogP contribution in [0.25, 0.3) is 0 Å². The molecule has 0 bridgehead atoms. The number of piperidine rings is 1. The van der Waals surface area contributed by atoms with Crippen molar-refractivity contribution >= 4 is 47.5 Å². The number of hydrogen-bond donors (Lipinski definition) is 3. The molecule has 12 nitrogen and oxygen atoms in total. The molecule has 13 heteroatoms. The molecule has 1 aliphatic rings. The van der Waals surface area contributed by atoms with E-state index in [0.717, 1.165) is 35.3 Å². The predicted molar refractivity (Wildman–Crippen MR) is 211 cm³/mol. The minimum atomic E-state index is -0.638. The van der Waals surface area contributed by atoms with Crippen LogP contribution in [0.5, 0.6) is 0 Å². The van der Waals surface area contributed by atoms with Gasteiger partial charge in [-0.2, -0.15) is 0 Å². The standard InChI is InChI=1S/C40H55N7O5S/c1-8-29-17-18-33(24-32(29)25-35(48)44-34-16-12-13-21-42-34)43-36(49)28-46(37(50)40(9-2)19-22-47(23-20-40)53-41-6)27-31-15-11-10-14-30(31)26-45(7)38(51)52-39(3,4)5/h10-18,21,24,41H,8-9,19-20,22-23,25-28H2,1-7H3,(H,43,49)(H,42,44,48). The van der Waals surface area contributed by atoms with Crippen molar-refractivity contribution in [1.29, 1.82) is 0 Å². The number of anilines is 2. The first kappa shape index (κ1) is 41.3. The van der Waals surface area contributed by atoms with Gasteiger partial charge in [-0.1, -0.05) is 50.2 Å². The molecule has 1 saturated heterocycles. The van der Waals surface area contributed by atoms with Crippen molar-refractivity contribution in [3.05, 3.63) is 89.1 Å². The Morgan fingerprint density at radius 3 is 2.17 bits per heavy atom. The highest BCUT2D eigenvalue weighted by molar-refractivity contribution is 7.95. The number of amides is 4. The number of ether oxygens (including phenoxy) is 1. The van der Waals surface area contributed by atoms with Crippen LogP contribution in [-0.4, -0.2) is 82.2 Å². The first-order chi connectivity index (χ1) is 25.3. The second kappa shape index (κ2) is 19.0. The Kier molecular flexibility index (Phi) is 14.8. The Morgan fingerprint density at radius 2 is 1.57 bits per heavy atom. The number of aryl methyl sites for hydroxylation is 1. The van der Waals surface area contributed by atoms with Gasteiger partial charge < -0.3 is 25.2 Å². The molecule has 4 rings (SSSR count). The molecule has 286 valence electrons. The SMILES string of the molecule is CCc1ccc(NC(=O)CN(Cc2ccccc2CN(C)C(=O)OC(C)(C)C)C(=O)C2(CC)CCN(SNC)CC2)cc1CC(=O)Nc1ccccn1. The Balaban J connectivity index is 1.57. The summed E-state index contributed by atoms with van der Waals surface area (Å²) >= 11 is 1.54. The van der Waals surface area contributed by atoms with Gasteiger partial charge in [-0.25, -0.2) is 14.1 Å². The summed E-state index contributed by atoms with van der Waals surface area (Å²) in [4.78, 5) is 61.7. The van der Waals surface area contributed by atoms with E-state index >= 15 is 0 Å². The summed E-state index contributed by atoms with van der Waals surface area (Å²) < 4.78 is 10.9. The molecule has 0 saturated carbocycles. The lowest BCUT2D eigenvalue weighted by molar-refractivity contribution is -0.147. The van der Waals surface area contributed by atoms with Crippen molar-refractivity contribution in [1.82, 2.24) is 23.8 Å². The molecule has 53 heavy (non-hydrogen) atoms. The van der Waals surface area contributed by atoms with Crippen molar-refractivity contribution < 1.29 is 23.9 Å². The maximum Gasteiger partial charge on any atom is 0.410 e. The molecule has 0 atom stereocenters. The smallest absolute Gasteiger partial charge is 0.410 e. The first-order valence-electron chi connectivity index (χ1n) is 18.3. The third kappa shape index (κ3) is 12.0. The van der Waals surface area contributed by atoms with E-state index in [-0.39, 0.29) is 43.8 Å². The number of nitrogens with one attached hydrogen (secondary N) is 3. The fourth-order valence-corrected chi connectivity index (χ4v) is 7.13. The number of carbonyl (C=O) groups is 4. The number of aromatic nitrogens is 1. The molecule has 1 aliphatic heterocycles. The first-order valence-corrected chi connectivity index (χ1v) is 19.0. The fourth-order valence-electron chi connectivity index (χ4n) is 6.50. The van der Waals surface area contributed by atoms with Gasteiger partial charge in [-0.3, -0.25) is 19.1 Å². The molecule has 2 aromatic carbocycles. The topological polar surface area (TPSA) is 136 Å². The second-order valence-corrected chi connectivity index (χ2v) is 15.6. The zero-order valence-electron chi connectivity index (χ0n) is 32.2. The molecule has 0 aliphatic carbocycles. The van der Waals surface area contributed by atoms with Crippen LogP contribution in [-0.2, 0) is 45.1 Å². The Bertz CT molecular complexity index is 1710. The summed E-state index contributed by atoms with van der Waals surface area (Å²) in [5.74, 6) is -0.144. The average Bonchev–Trinajstić information content (AvgIpc) is 3.12. The highest BCUT2D eigenvalue weighted by Gasteiger charge is 2.43. The Morgan fingerprint density at radius 1 is 0.887 bits per heavy atom. The van der Waals surface area contributed by atoms with Gasteiger partial charge in [0, 0.05) is 57.2 Å². The Labute approximate surface area is 318 Å². The summed E-state index contributed by atoms with van der Waals surface area (Å²) in [6.45, 7) is 11.3. The van der Waals surface area contributed by atoms with E-state index in [1.54, 1.807) is 48.5 Å². The van der Waals surface area contributed by atoms with Gasteiger partial charge in [0.05, 0.1) is 11.8 Å². The molecular formula is C40H55N7O5S. The number of rotatable bonds is 15. The van der Waals surface area contributed by atoms with Gasteiger partial charge in [0.2, 0.25) is 17.7 Å². The monoisotopic (exact) mass is 745 g/mol. The van der Waals surface area contributed by atoms with Crippen LogP contribution in [0.1, 0.15) is 76.1 Å². The van der Waals surface area contributed by atoms with Crippen LogP contribution in [0.15, 0.2) is 66.9 Å². The van der Waals surface area contributed by atoms with Crippen LogP contribution in [0.2, 0.25) is 0 Å². The molecule has 3 aromatic rings. The Hall–Kier alpha value is -4.46. The number of pyridine rings is 1. The van der Waals surface area contributed by atoms with Gasteiger partial charge >= 0.3 is 6.09 Å². The summed E-state index contributed by atoms with van der Waals surface area (Å²) in [6.07, 6.45) is 3.98. The molecule has 3 N–H and O–H groups in total. The van der Waals surface area contributed by atoms with Crippen LogP contribution in [0.4, 0.5) is 16.3 Å².